The summed E-state index contributed by atoms with van der Waals surface area (Å²) in [6, 6.07) is 30.1. The fourth-order valence-electron chi connectivity index (χ4n) is 4.60. The molecule has 34 heavy (non-hydrogen) atoms. The Kier molecular flexibility index (Phi) is 6.87. The highest BCUT2D eigenvalue weighted by Gasteiger charge is 2.51. The van der Waals surface area contributed by atoms with Crippen LogP contribution in [0.25, 0.3) is 0 Å². The van der Waals surface area contributed by atoms with Crippen molar-refractivity contribution < 1.29 is 19.3 Å². The molecule has 0 aliphatic carbocycles. The lowest BCUT2D eigenvalue weighted by atomic mass is 9.79. The predicted molar refractivity (Wildman–Crippen MR) is 134 cm³/mol. The molecule has 0 saturated carbocycles. The van der Waals surface area contributed by atoms with Crippen molar-refractivity contribution in [3.63, 3.8) is 0 Å². The highest BCUT2D eigenvalue weighted by atomic mass is 16.8. The van der Waals surface area contributed by atoms with Crippen LogP contribution in [-0.2, 0) is 19.8 Å². The Morgan fingerprint density at radius 1 is 0.824 bits per heavy atom. The zero-order valence-corrected chi connectivity index (χ0v) is 19.8. The summed E-state index contributed by atoms with van der Waals surface area (Å²) in [5.41, 5.74) is 0.337. The lowest BCUT2D eigenvalue weighted by Crippen LogP contribution is -2.51. The van der Waals surface area contributed by atoms with Crippen molar-refractivity contribution in [2.24, 2.45) is 0 Å². The number of aliphatic hydroxyl groups is 1. The molecule has 1 fully saturated rings. The standard InChI is InChI=1S/C30H32O4/c1-5-26-27(34-28(3,4)33-26)29(31,6-2)22-32-30(23-16-10-7-11-17-23,24-18-12-8-13-19-24)25-20-14-9-15-21-25/h5-21,26-27,31H,1-2,22H2,3-4H3/t26?,27?,29-/m1/s1. The van der Waals surface area contributed by atoms with E-state index in [9.17, 15) is 5.11 Å². The molecule has 1 N–H and O–H groups in total. The topological polar surface area (TPSA) is 47.9 Å². The van der Waals surface area contributed by atoms with Crippen LogP contribution < -0.4 is 0 Å². The Morgan fingerprint density at radius 3 is 1.65 bits per heavy atom. The van der Waals surface area contributed by atoms with Crippen molar-refractivity contribution in [1.82, 2.24) is 0 Å². The molecule has 0 aromatic heterocycles. The second-order valence-corrected chi connectivity index (χ2v) is 9.02. The largest absolute Gasteiger partial charge is 0.381 e. The van der Waals surface area contributed by atoms with E-state index in [1.54, 1.807) is 6.08 Å². The van der Waals surface area contributed by atoms with E-state index in [2.05, 4.69) is 13.2 Å². The van der Waals surface area contributed by atoms with Crippen LogP contribution in [0.1, 0.15) is 30.5 Å². The average molecular weight is 457 g/mol. The van der Waals surface area contributed by atoms with E-state index < -0.39 is 29.2 Å². The Labute approximate surface area is 202 Å². The minimum absolute atomic E-state index is 0.0797. The van der Waals surface area contributed by atoms with Gasteiger partial charge in [-0.2, -0.15) is 0 Å². The van der Waals surface area contributed by atoms with E-state index >= 15 is 0 Å². The van der Waals surface area contributed by atoms with Gasteiger partial charge < -0.3 is 19.3 Å². The van der Waals surface area contributed by atoms with Crippen molar-refractivity contribution in [1.29, 1.82) is 0 Å². The third-order valence-electron chi connectivity index (χ3n) is 6.27. The maximum atomic E-state index is 11.8. The van der Waals surface area contributed by atoms with Crippen molar-refractivity contribution in [2.75, 3.05) is 6.61 Å². The summed E-state index contributed by atoms with van der Waals surface area (Å²) in [7, 11) is 0. The van der Waals surface area contributed by atoms with E-state index in [1.165, 1.54) is 6.08 Å². The van der Waals surface area contributed by atoms with Crippen LogP contribution in [0.2, 0.25) is 0 Å². The molecule has 4 nitrogen and oxygen atoms in total. The molecular weight excluding hydrogens is 424 g/mol. The van der Waals surface area contributed by atoms with E-state index in [0.717, 1.165) is 16.7 Å². The first kappa shape index (κ1) is 24.1. The maximum Gasteiger partial charge on any atom is 0.164 e. The van der Waals surface area contributed by atoms with Crippen molar-refractivity contribution in [3.8, 4) is 0 Å². The average Bonchev–Trinajstić information content (AvgIpc) is 3.21. The molecule has 0 spiro atoms. The number of ether oxygens (including phenoxy) is 3. The van der Waals surface area contributed by atoms with Crippen LogP contribution >= 0.6 is 0 Å². The van der Waals surface area contributed by atoms with Crippen LogP contribution in [0.4, 0.5) is 0 Å². The van der Waals surface area contributed by atoms with Gasteiger partial charge in [0.1, 0.15) is 23.4 Å². The van der Waals surface area contributed by atoms with Crippen LogP contribution in [0.15, 0.2) is 116 Å². The van der Waals surface area contributed by atoms with Gasteiger partial charge in [0.05, 0.1) is 6.61 Å². The van der Waals surface area contributed by atoms with Gasteiger partial charge in [-0.05, 0) is 30.5 Å². The molecule has 3 atom stereocenters. The molecule has 1 saturated heterocycles. The van der Waals surface area contributed by atoms with Crippen LogP contribution in [0.3, 0.4) is 0 Å². The number of hydrogen-bond donors (Lipinski definition) is 1. The fraction of sp³-hybridized carbons (Fsp3) is 0.267. The Balaban J connectivity index is 1.82. The first-order valence-electron chi connectivity index (χ1n) is 11.5. The van der Waals surface area contributed by atoms with E-state index in [-0.39, 0.29) is 6.61 Å². The van der Waals surface area contributed by atoms with Gasteiger partial charge >= 0.3 is 0 Å². The van der Waals surface area contributed by atoms with Crippen LogP contribution in [-0.4, -0.2) is 35.3 Å². The van der Waals surface area contributed by atoms with Gasteiger partial charge in [-0.25, -0.2) is 0 Å². The third-order valence-corrected chi connectivity index (χ3v) is 6.27. The summed E-state index contributed by atoms with van der Waals surface area (Å²) in [6.07, 6.45) is 1.89. The summed E-state index contributed by atoms with van der Waals surface area (Å²) in [4.78, 5) is 0. The SMILES string of the molecule is C=CC1OC(C)(C)OC1[C@@](O)(C=C)COC(c1ccccc1)(c1ccccc1)c1ccccc1. The van der Waals surface area contributed by atoms with Gasteiger partial charge in [0.2, 0.25) is 0 Å². The van der Waals surface area contributed by atoms with E-state index in [1.807, 2.05) is 105 Å². The van der Waals surface area contributed by atoms with Gasteiger partial charge in [-0.3, -0.25) is 0 Å². The van der Waals surface area contributed by atoms with Crippen LogP contribution in [0, 0.1) is 0 Å². The van der Waals surface area contributed by atoms with E-state index in [4.69, 9.17) is 14.2 Å². The van der Waals surface area contributed by atoms with Crippen molar-refractivity contribution >= 4 is 0 Å². The van der Waals surface area contributed by atoms with E-state index in [0.29, 0.717) is 0 Å². The molecule has 4 rings (SSSR count). The summed E-state index contributed by atoms with van der Waals surface area (Å²) >= 11 is 0. The molecule has 0 bridgehead atoms. The molecule has 3 aromatic carbocycles. The molecule has 3 aromatic rings. The molecular formula is C30H32O4. The smallest absolute Gasteiger partial charge is 0.164 e. The second kappa shape index (κ2) is 9.69. The van der Waals surface area contributed by atoms with Gasteiger partial charge in [0, 0.05) is 0 Å². The third kappa shape index (κ3) is 4.50. The zero-order chi connectivity index (χ0) is 24.2. The quantitative estimate of drug-likeness (QED) is 0.335. The minimum atomic E-state index is -1.53. The lowest BCUT2D eigenvalue weighted by molar-refractivity contribution is -0.176. The zero-order valence-electron chi connectivity index (χ0n) is 19.8. The number of rotatable bonds is 9. The number of benzene rings is 3. The van der Waals surface area contributed by atoms with Gasteiger partial charge in [0.15, 0.2) is 5.79 Å². The highest BCUT2D eigenvalue weighted by Crippen LogP contribution is 2.42. The molecule has 1 aliphatic heterocycles. The van der Waals surface area contributed by atoms with Gasteiger partial charge in [-0.1, -0.05) is 103 Å². The molecule has 0 amide bonds. The summed E-state index contributed by atoms with van der Waals surface area (Å²) in [5.74, 6) is -0.865. The monoisotopic (exact) mass is 456 g/mol. The Hall–Kier alpha value is -3.02. The summed E-state index contributed by atoms with van der Waals surface area (Å²) < 4.78 is 18.9. The summed E-state index contributed by atoms with van der Waals surface area (Å²) in [6.45, 7) is 11.3. The molecule has 0 radical (unpaired) electrons. The molecule has 1 heterocycles. The highest BCUT2D eigenvalue weighted by molar-refractivity contribution is 5.47. The molecule has 176 valence electrons. The lowest BCUT2D eigenvalue weighted by Gasteiger charge is -2.40. The van der Waals surface area contributed by atoms with Gasteiger partial charge in [-0.15, -0.1) is 13.2 Å². The second-order valence-electron chi connectivity index (χ2n) is 9.02. The molecule has 1 aliphatic rings. The first-order valence-corrected chi connectivity index (χ1v) is 11.5. The van der Waals surface area contributed by atoms with Crippen molar-refractivity contribution in [3.05, 3.63) is 133 Å². The number of hydrogen-bond acceptors (Lipinski definition) is 4. The normalized spacial score (nSPS) is 21.5. The van der Waals surface area contributed by atoms with Crippen molar-refractivity contribution in [2.45, 2.75) is 43.0 Å². The molecule has 4 heteroatoms. The Bertz CT molecular complexity index is 998. The fourth-order valence-corrected chi connectivity index (χ4v) is 4.60. The summed E-state index contributed by atoms with van der Waals surface area (Å²) in [5, 5.41) is 11.8. The van der Waals surface area contributed by atoms with Crippen LogP contribution in [0.5, 0.6) is 0 Å². The molecule has 2 unspecified atom stereocenters. The minimum Gasteiger partial charge on any atom is -0.381 e. The first-order chi connectivity index (χ1) is 16.3. The predicted octanol–water partition coefficient (Wildman–Crippen LogP) is 5.62. The maximum absolute atomic E-state index is 11.8. The Morgan fingerprint density at radius 2 is 1.26 bits per heavy atom. The van der Waals surface area contributed by atoms with Gasteiger partial charge in [0.25, 0.3) is 0 Å².